The number of aromatic nitrogens is 3. The molecule has 2 heterocycles. The van der Waals surface area contributed by atoms with Crippen molar-refractivity contribution in [2.75, 3.05) is 11.1 Å². The maximum Gasteiger partial charge on any atom is 0.0671 e. The van der Waals surface area contributed by atoms with Crippen molar-refractivity contribution < 1.29 is 0 Å². The van der Waals surface area contributed by atoms with Gasteiger partial charge in [0, 0.05) is 31.5 Å². The van der Waals surface area contributed by atoms with Crippen LogP contribution in [0.3, 0.4) is 0 Å². The Labute approximate surface area is 101 Å². The summed E-state index contributed by atoms with van der Waals surface area (Å²) in [5, 5.41) is 7.69. The molecule has 2 aromatic heterocycles. The molecule has 0 spiro atoms. The quantitative estimate of drug-likeness (QED) is 0.838. The molecule has 5 nitrogen and oxygen atoms in total. The second kappa shape index (κ2) is 4.86. The molecular weight excluding hydrogens is 214 g/mol. The Morgan fingerprint density at radius 2 is 2.24 bits per heavy atom. The Morgan fingerprint density at radius 1 is 1.41 bits per heavy atom. The maximum absolute atomic E-state index is 5.67. The van der Waals surface area contributed by atoms with Crippen LogP contribution in [0.2, 0.25) is 0 Å². The van der Waals surface area contributed by atoms with Gasteiger partial charge in [0.25, 0.3) is 0 Å². The van der Waals surface area contributed by atoms with E-state index in [-0.39, 0.29) is 0 Å². The normalized spacial score (nSPS) is 10.5. The van der Waals surface area contributed by atoms with Crippen LogP contribution in [-0.2, 0) is 20.0 Å². The third-order valence-electron chi connectivity index (χ3n) is 2.57. The van der Waals surface area contributed by atoms with Gasteiger partial charge in [-0.15, -0.1) is 0 Å². The van der Waals surface area contributed by atoms with E-state index < -0.39 is 0 Å². The van der Waals surface area contributed by atoms with Crippen molar-refractivity contribution in [2.24, 2.45) is 7.05 Å². The van der Waals surface area contributed by atoms with E-state index in [4.69, 9.17) is 5.73 Å². The Balaban J connectivity index is 2.06. The predicted octanol–water partition coefficient (Wildman–Crippen LogP) is 1.57. The van der Waals surface area contributed by atoms with Crippen LogP contribution in [0.4, 0.5) is 11.4 Å². The molecule has 90 valence electrons. The summed E-state index contributed by atoms with van der Waals surface area (Å²) in [6.45, 7) is 2.84. The maximum atomic E-state index is 5.67. The van der Waals surface area contributed by atoms with E-state index in [9.17, 15) is 0 Å². The van der Waals surface area contributed by atoms with Crippen molar-refractivity contribution >= 4 is 11.4 Å². The van der Waals surface area contributed by atoms with Crippen LogP contribution in [0, 0.1) is 0 Å². The summed E-state index contributed by atoms with van der Waals surface area (Å²) < 4.78 is 1.84. The van der Waals surface area contributed by atoms with Crippen LogP contribution in [0.25, 0.3) is 0 Å². The van der Waals surface area contributed by atoms with Crippen molar-refractivity contribution in [3.05, 3.63) is 35.9 Å². The van der Waals surface area contributed by atoms with Crippen LogP contribution in [-0.4, -0.2) is 14.8 Å². The average Bonchev–Trinajstić information content (AvgIpc) is 2.67. The van der Waals surface area contributed by atoms with Crippen LogP contribution in [0.15, 0.2) is 24.7 Å². The lowest BCUT2D eigenvalue weighted by Crippen LogP contribution is -2.02. The van der Waals surface area contributed by atoms with Gasteiger partial charge in [-0.05, 0) is 12.5 Å². The fourth-order valence-electron chi connectivity index (χ4n) is 1.78. The van der Waals surface area contributed by atoms with E-state index in [1.165, 1.54) is 5.56 Å². The zero-order valence-corrected chi connectivity index (χ0v) is 10.1. The molecule has 0 radical (unpaired) electrons. The minimum atomic E-state index is 0.664. The number of aryl methyl sites for hydroxylation is 2. The fourth-order valence-corrected chi connectivity index (χ4v) is 1.78. The molecule has 0 aliphatic rings. The van der Waals surface area contributed by atoms with Gasteiger partial charge in [0.05, 0.1) is 23.3 Å². The fraction of sp³-hybridized carbons (Fsp3) is 0.333. The zero-order chi connectivity index (χ0) is 12.3. The van der Waals surface area contributed by atoms with Gasteiger partial charge in [-0.25, -0.2) is 0 Å². The zero-order valence-electron chi connectivity index (χ0n) is 10.1. The molecule has 0 aromatic carbocycles. The average molecular weight is 231 g/mol. The number of pyridine rings is 1. The minimum absolute atomic E-state index is 0.664. The monoisotopic (exact) mass is 231 g/mol. The molecule has 0 amide bonds. The summed E-state index contributed by atoms with van der Waals surface area (Å²) in [5.41, 5.74) is 9.59. The summed E-state index contributed by atoms with van der Waals surface area (Å²) in [5.74, 6) is 0. The van der Waals surface area contributed by atoms with Gasteiger partial charge in [-0.1, -0.05) is 6.92 Å². The van der Waals surface area contributed by atoms with Gasteiger partial charge in [-0.3, -0.25) is 9.67 Å². The van der Waals surface area contributed by atoms with E-state index >= 15 is 0 Å². The van der Waals surface area contributed by atoms with Crippen molar-refractivity contribution in [1.29, 1.82) is 0 Å². The van der Waals surface area contributed by atoms with Gasteiger partial charge < -0.3 is 11.1 Å². The molecule has 0 atom stereocenters. The Bertz CT molecular complexity index is 503. The molecule has 17 heavy (non-hydrogen) atoms. The van der Waals surface area contributed by atoms with E-state index in [1.807, 2.05) is 24.0 Å². The van der Waals surface area contributed by atoms with Crippen molar-refractivity contribution in [2.45, 2.75) is 19.9 Å². The molecule has 3 N–H and O–H groups in total. The van der Waals surface area contributed by atoms with Gasteiger partial charge in [0.2, 0.25) is 0 Å². The highest BCUT2D eigenvalue weighted by molar-refractivity contribution is 5.51. The molecular formula is C12H17N5. The highest BCUT2D eigenvalue weighted by atomic mass is 15.3. The third kappa shape index (κ3) is 2.75. The topological polar surface area (TPSA) is 68.8 Å². The Hall–Kier alpha value is -2.04. The summed E-state index contributed by atoms with van der Waals surface area (Å²) >= 11 is 0. The first kappa shape index (κ1) is 11.4. The van der Waals surface area contributed by atoms with Gasteiger partial charge in [0.15, 0.2) is 0 Å². The van der Waals surface area contributed by atoms with Crippen molar-refractivity contribution in [1.82, 2.24) is 14.8 Å². The lowest BCUT2D eigenvalue weighted by Gasteiger charge is -2.05. The molecule has 2 rings (SSSR count). The molecule has 0 aliphatic carbocycles. The number of nitrogens with one attached hydrogen (secondary N) is 1. The van der Waals surface area contributed by atoms with E-state index in [1.54, 1.807) is 12.4 Å². The largest absolute Gasteiger partial charge is 0.397 e. The number of hydrogen-bond acceptors (Lipinski definition) is 4. The third-order valence-corrected chi connectivity index (χ3v) is 2.57. The summed E-state index contributed by atoms with van der Waals surface area (Å²) in [6.07, 6.45) is 6.36. The van der Waals surface area contributed by atoms with Gasteiger partial charge in [0.1, 0.15) is 0 Å². The first-order chi connectivity index (χ1) is 8.19. The SMILES string of the molecule is CCc1nn(C)cc1CNc1cncc(N)c1. The highest BCUT2D eigenvalue weighted by Gasteiger charge is 2.05. The van der Waals surface area contributed by atoms with E-state index in [0.717, 1.165) is 24.3 Å². The Morgan fingerprint density at radius 3 is 2.94 bits per heavy atom. The number of anilines is 2. The Kier molecular flexibility index (Phi) is 3.27. The molecule has 0 unspecified atom stereocenters. The summed E-state index contributed by atoms with van der Waals surface area (Å²) in [6, 6.07) is 1.87. The van der Waals surface area contributed by atoms with Gasteiger partial charge in [-0.2, -0.15) is 5.10 Å². The lowest BCUT2D eigenvalue weighted by molar-refractivity contribution is 0.746. The highest BCUT2D eigenvalue weighted by Crippen LogP contribution is 2.13. The molecule has 5 heteroatoms. The van der Waals surface area contributed by atoms with Crippen molar-refractivity contribution in [3.8, 4) is 0 Å². The van der Waals surface area contributed by atoms with Crippen LogP contribution < -0.4 is 11.1 Å². The molecule has 2 aromatic rings. The van der Waals surface area contributed by atoms with Gasteiger partial charge >= 0.3 is 0 Å². The smallest absolute Gasteiger partial charge is 0.0671 e. The first-order valence-corrected chi connectivity index (χ1v) is 5.65. The summed E-state index contributed by atoms with van der Waals surface area (Å²) in [7, 11) is 1.94. The minimum Gasteiger partial charge on any atom is -0.397 e. The lowest BCUT2D eigenvalue weighted by atomic mass is 10.2. The predicted molar refractivity (Wildman–Crippen MR) is 68.6 cm³/mol. The number of nitrogen functional groups attached to an aromatic ring is 1. The second-order valence-electron chi connectivity index (χ2n) is 3.99. The molecule has 0 fully saturated rings. The first-order valence-electron chi connectivity index (χ1n) is 5.65. The number of nitrogens with zero attached hydrogens (tertiary/aromatic N) is 3. The second-order valence-corrected chi connectivity index (χ2v) is 3.99. The van der Waals surface area contributed by atoms with Crippen LogP contribution in [0.5, 0.6) is 0 Å². The summed E-state index contributed by atoms with van der Waals surface area (Å²) in [4.78, 5) is 4.04. The molecule has 0 saturated carbocycles. The standard InChI is InChI=1S/C12H17N5/c1-3-12-9(8-17(2)16-12)5-15-11-4-10(13)6-14-7-11/h4,6-8,15H,3,5,13H2,1-2H3. The molecule has 0 saturated heterocycles. The van der Waals surface area contributed by atoms with E-state index in [0.29, 0.717) is 5.69 Å². The molecule has 0 aliphatic heterocycles. The molecule has 0 bridgehead atoms. The van der Waals surface area contributed by atoms with Crippen molar-refractivity contribution in [3.63, 3.8) is 0 Å². The van der Waals surface area contributed by atoms with Crippen LogP contribution in [0.1, 0.15) is 18.2 Å². The number of hydrogen-bond donors (Lipinski definition) is 2. The van der Waals surface area contributed by atoms with E-state index in [2.05, 4.69) is 22.3 Å². The van der Waals surface area contributed by atoms with Crippen LogP contribution >= 0.6 is 0 Å². The number of rotatable bonds is 4. The number of nitrogens with two attached hydrogens (primary N) is 1.